The van der Waals surface area contributed by atoms with Gasteiger partial charge in [-0.05, 0) is 49.3 Å². The Hall–Kier alpha value is -2.16. The van der Waals surface area contributed by atoms with E-state index < -0.39 is 11.9 Å². The van der Waals surface area contributed by atoms with Crippen molar-refractivity contribution in [2.75, 3.05) is 24.9 Å². The van der Waals surface area contributed by atoms with Crippen LogP contribution < -0.4 is 10.6 Å². The van der Waals surface area contributed by atoms with E-state index in [1.807, 2.05) is 13.0 Å². The second-order valence-corrected chi connectivity index (χ2v) is 7.15. The van der Waals surface area contributed by atoms with Gasteiger partial charge in [0.25, 0.3) is 0 Å². The third-order valence-corrected chi connectivity index (χ3v) is 5.21. The van der Waals surface area contributed by atoms with E-state index in [2.05, 4.69) is 10.6 Å². The van der Waals surface area contributed by atoms with Crippen molar-refractivity contribution in [2.24, 2.45) is 0 Å². The monoisotopic (exact) mass is 412 g/mol. The summed E-state index contributed by atoms with van der Waals surface area (Å²) in [5.74, 6) is -1.10. The lowest BCUT2D eigenvalue weighted by Crippen LogP contribution is -2.20. The fourth-order valence-corrected chi connectivity index (χ4v) is 3.79. The smallest absolute Gasteiger partial charge is 0.348 e. The second kappa shape index (κ2) is 8.48. The highest BCUT2D eigenvalue weighted by Gasteiger charge is 2.26. The Kier molecular flexibility index (Phi) is 6.57. The van der Waals surface area contributed by atoms with E-state index in [0.717, 1.165) is 22.6 Å². The zero-order chi connectivity index (χ0) is 19.4. The fraction of sp³-hybridized carbons (Fsp3) is 0.235. The average Bonchev–Trinajstić information content (AvgIpc) is 2.92. The zero-order valence-corrected chi connectivity index (χ0v) is 16.9. The topological polar surface area (TPSA) is 76.7 Å². The minimum Gasteiger partial charge on any atom is -0.465 e. The molecule has 2 N–H and O–H groups in total. The van der Waals surface area contributed by atoms with Crippen molar-refractivity contribution in [3.8, 4) is 0 Å². The lowest BCUT2D eigenvalue weighted by molar-refractivity contribution is 0.0601. The summed E-state index contributed by atoms with van der Waals surface area (Å²) in [7, 11) is 2.55. The lowest BCUT2D eigenvalue weighted by atomic mass is 10.1. The standard InChI is InChI=1S/C17H17ClN2O4S2/c1-8-5-6-10(18)7-11(8)19-17(25)20-14-12(15(21)23-3)9(2)13(26-14)16(22)24-4/h5-7H,1-4H3,(H2,19,20,25). The van der Waals surface area contributed by atoms with Crippen LogP contribution in [0.2, 0.25) is 5.02 Å². The molecule has 0 saturated heterocycles. The summed E-state index contributed by atoms with van der Waals surface area (Å²) >= 11 is 12.4. The van der Waals surface area contributed by atoms with Gasteiger partial charge >= 0.3 is 11.9 Å². The third-order valence-electron chi connectivity index (χ3n) is 3.58. The molecule has 1 aromatic heterocycles. The third kappa shape index (κ3) is 4.32. The van der Waals surface area contributed by atoms with Gasteiger partial charge in [-0.25, -0.2) is 9.59 Å². The highest BCUT2D eigenvalue weighted by atomic mass is 35.5. The number of carbonyl (C=O) groups is 2. The SMILES string of the molecule is COC(=O)c1sc(NC(=S)Nc2cc(Cl)ccc2C)c(C(=O)OC)c1C. The van der Waals surface area contributed by atoms with Crippen LogP contribution in [0, 0.1) is 13.8 Å². The minimum absolute atomic E-state index is 0.241. The molecule has 0 aliphatic heterocycles. The number of thiocarbonyl (C=S) groups is 1. The van der Waals surface area contributed by atoms with Crippen LogP contribution in [-0.2, 0) is 9.47 Å². The van der Waals surface area contributed by atoms with E-state index in [4.69, 9.17) is 33.3 Å². The number of carbonyl (C=O) groups excluding carboxylic acids is 2. The quantitative estimate of drug-likeness (QED) is 0.569. The number of esters is 2. The van der Waals surface area contributed by atoms with E-state index in [1.165, 1.54) is 14.2 Å². The first-order valence-corrected chi connectivity index (χ1v) is 9.03. The molecule has 1 heterocycles. The molecule has 1 aromatic carbocycles. The van der Waals surface area contributed by atoms with Crippen LogP contribution in [0.15, 0.2) is 18.2 Å². The Balaban J connectivity index is 2.32. The maximum atomic E-state index is 12.1. The molecule has 0 spiro atoms. The van der Waals surface area contributed by atoms with Crippen LogP contribution in [0.25, 0.3) is 0 Å². The maximum Gasteiger partial charge on any atom is 0.348 e. The van der Waals surface area contributed by atoms with E-state index >= 15 is 0 Å². The Morgan fingerprint density at radius 2 is 1.77 bits per heavy atom. The molecule has 26 heavy (non-hydrogen) atoms. The number of aryl methyl sites for hydroxylation is 1. The van der Waals surface area contributed by atoms with Gasteiger partial charge < -0.3 is 20.1 Å². The second-order valence-electron chi connectivity index (χ2n) is 5.28. The Morgan fingerprint density at radius 1 is 1.12 bits per heavy atom. The number of ether oxygens (including phenoxy) is 2. The highest BCUT2D eigenvalue weighted by molar-refractivity contribution is 7.80. The molecule has 0 atom stereocenters. The van der Waals surface area contributed by atoms with Gasteiger partial charge in [0, 0.05) is 10.7 Å². The number of anilines is 2. The molecular formula is C17H17ClN2O4S2. The van der Waals surface area contributed by atoms with Gasteiger partial charge in [-0.15, -0.1) is 11.3 Å². The fourth-order valence-electron chi connectivity index (χ4n) is 2.22. The van der Waals surface area contributed by atoms with Crippen LogP contribution in [0.3, 0.4) is 0 Å². The molecule has 6 nitrogen and oxygen atoms in total. The summed E-state index contributed by atoms with van der Waals surface area (Å²) in [6.07, 6.45) is 0. The predicted molar refractivity (Wildman–Crippen MR) is 108 cm³/mol. The average molecular weight is 413 g/mol. The van der Waals surface area contributed by atoms with Crippen LogP contribution >= 0.6 is 35.2 Å². The number of halogens is 1. The normalized spacial score (nSPS) is 10.2. The van der Waals surface area contributed by atoms with E-state index in [-0.39, 0.29) is 10.7 Å². The molecule has 0 radical (unpaired) electrons. The number of hydrogen-bond acceptors (Lipinski definition) is 6. The summed E-state index contributed by atoms with van der Waals surface area (Å²) in [5, 5.41) is 7.19. The van der Waals surface area contributed by atoms with Gasteiger partial charge in [0.05, 0.1) is 19.8 Å². The van der Waals surface area contributed by atoms with Crippen molar-refractivity contribution in [3.63, 3.8) is 0 Å². The Labute approximate surface area is 165 Å². The summed E-state index contributed by atoms with van der Waals surface area (Å²) in [6, 6.07) is 5.38. The predicted octanol–water partition coefficient (Wildman–Crippen LogP) is 4.40. The lowest BCUT2D eigenvalue weighted by Gasteiger charge is -2.13. The number of benzene rings is 1. The van der Waals surface area contributed by atoms with Crippen LogP contribution in [0.5, 0.6) is 0 Å². The van der Waals surface area contributed by atoms with Gasteiger partial charge in [-0.1, -0.05) is 17.7 Å². The molecule has 9 heteroatoms. The van der Waals surface area contributed by atoms with Crippen LogP contribution in [0.4, 0.5) is 10.7 Å². The molecular weight excluding hydrogens is 396 g/mol. The summed E-state index contributed by atoms with van der Waals surface area (Å²) in [4.78, 5) is 24.3. The first kappa shape index (κ1) is 20.2. The van der Waals surface area contributed by atoms with E-state index in [1.54, 1.807) is 19.1 Å². The van der Waals surface area contributed by atoms with Gasteiger partial charge in [0.1, 0.15) is 9.88 Å². The van der Waals surface area contributed by atoms with Gasteiger partial charge in [0.2, 0.25) is 0 Å². The van der Waals surface area contributed by atoms with Gasteiger partial charge in [0.15, 0.2) is 5.11 Å². The molecule has 0 aliphatic carbocycles. The first-order chi connectivity index (χ1) is 12.3. The Bertz CT molecular complexity index is 880. The van der Waals surface area contributed by atoms with Crippen molar-refractivity contribution in [3.05, 3.63) is 44.8 Å². The minimum atomic E-state index is -0.571. The molecule has 0 unspecified atom stereocenters. The van der Waals surface area contributed by atoms with Crippen molar-refractivity contribution >= 4 is 62.9 Å². The summed E-state index contributed by atoms with van der Waals surface area (Å²) in [6.45, 7) is 3.56. The molecule has 0 amide bonds. The van der Waals surface area contributed by atoms with Crippen molar-refractivity contribution in [1.82, 2.24) is 0 Å². The van der Waals surface area contributed by atoms with Crippen LogP contribution in [0.1, 0.15) is 31.2 Å². The van der Waals surface area contributed by atoms with Gasteiger partial charge in [-0.2, -0.15) is 0 Å². The van der Waals surface area contributed by atoms with E-state index in [0.29, 0.717) is 20.5 Å². The maximum absolute atomic E-state index is 12.1. The van der Waals surface area contributed by atoms with E-state index in [9.17, 15) is 9.59 Å². The van der Waals surface area contributed by atoms with Gasteiger partial charge in [-0.3, -0.25) is 0 Å². The first-order valence-electron chi connectivity index (χ1n) is 7.42. The number of nitrogens with one attached hydrogen (secondary N) is 2. The molecule has 0 bridgehead atoms. The largest absolute Gasteiger partial charge is 0.465 e. The molecule has 0 aliphatic rings. The van der Waals surface area contributed by atoms with Crippen molar-refractivity contribution in [1.29, 1.82) is 0 Å². The highest BCUT2D eigenvalue weighted by Crippen LogP contribution is 2.34. The number of hydrogen-bond donors (Lipinski definition) is 2. The van der Waals surface area contributed by atoms with Crippen molar-refractivity contribution < 1.29 is 19.1 Å². The van der Waals surface area contributed by atoms with Crippen molar-refractivity contribution in [2.45, 2.75) is 13.8 Å². The number of thiophene rings is 1. The van der Waals surface area contributed by atoms with Crippen LogP contribution in [-0.4, -0.2) is 31.3 Å². The number of methoxy groups -OCH3 is 2. The molecule has 0 saturated carbocycles. The molecule has 2 rings (SSSR count). The summed E-state index contributed by atoms with van der Waals surface area (Å²) in [5.41, 5.74) is 2.39. The Morgan fingerprint density at radius 3 is 2.38 bits per heavy atom. The molecule has 0 fully saturated rings. The summed E-state index contributed by atoms with van der Waals surface area (Å²) < 4.78 is 9.57. The zero-order valence-electron chi connectivity index (χ0n) is 14.6. The number of rotatable bonds is 4. The molecule has 2 aromatic rings. The molecule has 138 valence electrons.